The number of aryl methyl sites for hydroxylation is 2. The van der Waals surface area contributed by atoms with Crippen molar-refractivity contribution in [2.75, 3.05) is 54.9 Å². The monoisotopic (exact) mass is 582 g/mol. The Balaban J connectivity index is 1.17. The fourth-order valence-corrected chi connectivity index (χ4v) is 6.75. The van der Waals surface area contributed by atoms with Crippen LogP contribution in [0.3, 0.4) is 0 Å². The first-order valence-electron chi connectivity index (χ1n) is 15.9. The number of carbonyl (C=O) groups excluding carboxylic acids is 1. The van der Waals surface area contributed by atoms with Crippen molar-refractivity contribution in [1.29, 1.82) is 0 Å². The number of carbonyl (C=O) groups is 1. The lowest BCUT2D eigenvalue weighted by atomic mass is 9.97. The lowest BCUT2D eigenvalue weighted by Gasteiger charge is -2.25. The zero-order valence-electron chi connectivity index (χ0n) is 25.3. The van der Waals surface area contributed by atoms with Crippen molar-refractivity contribution in [2.24, 2.45) is 23.9 Å². The SMILES string of the molecule is Cc1cc2cc(n1)-c1cnn(C)c1OCCC[C@@H](C1CC1)CN1/C(=N/C2=O)Nc2cc(NCCCN3CCCC3)ccc21. The molecule has 10 heteroatoms. The Morgan fingerprint density at radius 3 is 2.77 bits per heavy atom. The van der Waals surface area contributed by atoms with E-state index in [2.05, 4.69) is 43.7 Å². The van der Waals surface area contributed by atoms with Gasteiger partial charge in [0.25, 0.3) is 5.91 Å². The van der Waals surface area contributed by atoms with Gasteiger partial charge < -0.3 is 25.2 Å². The Morgan fingerprint density at radius 2 is 1.93 bits per heavy atom. The first-order valence-corrected chi connectivity index (χ1v) is 15.9. The summed E-state index contributed by atoms with van der Waals surface area (Å²) >= 11 is 0. The molecule has 5 heterocycles. The number of anilines is 3. The second-order valence-electron chi connectivity index (χ2n) is 12.5. The van der Waals surface area contributed by atoms with Gasteiger partial charge in [0.15, 0.2) is 0 Å². The smallest absolute Gasteiger partial charge is 0.280 e. The van der Waals surface area contributed by atoms with Crippen LogP contribution in [0.2, 0.25) is 0 Å². The van der Waals surface area contributed by atoms with Crippen LogP contribution in [0.15, 0.2) is 41.5 Å². The molecule has 0 radical (unpaired) electrons. The summed E-state index contributed by atoms with van der Waals surface area (Å²) in [5, 5.41) is 11.5. The lowest BCUT2D eigenvalue weighted by Crippen LogP contribution is -2.36. The quantitative estimate of drug-likeness (QED) is 0.377. The molecule has 1 aromatic carbocycles. The Kier molecular flexibility index (Phi) is 7.78. The van der Waals surface area contributed by atoms with Crippen LogP contribution >= 0.6 is 0 Å². The molecule has 2 aromatic heterocycles. The van der Waals surface area contributed by atoms with E-state index in [4.69, 9.17) is 14.7 Å². The van der Waals surface area contributed by atoms with Crippen LogP contribution in [0.25, 0.3) is 11.3 Å². The number of nitrogens with one attached hydrogen (secondary N) is 2. The number of hydrogen-bond donors (Lipinski definition) is 2. The van der Waals surface area contributed by atoms with E-state index in [1.165, 1.54) is 38.8 Å². The number of aromatic nitrogens is 3. The minimum absolute atomic E-state index is 0.295. The summed E-state index contributed by atoms with van der Waals surface area (Å²) in [7, 11) is 1.88. The molecule has 1 amide bonds. The molecule has 1 saturated carbocycles. The van der Waals surface area contributed by atoms with Crippen molar-refractivity contribution in [1.82, 2.24) is 19.7 Å². The maximum absolute atomic E-state index is 13.7. The molecule has 0 unspecified atom stereocenters. The zero-order chi connectivity index (χ0) is 29.3. The van der Waals surface area contributed by atoms with Gasteiger partial charge in [0.2, 0.25) is 11.8 Å². The van der Waals surface area contributed by atoms with Gasteiger partial charge in [-0.25, -0.2) is 4.68 Å². The number of benzene rings is 1. The Labute approximate surface area is 253 Å². The highest BCUT2D eigenvalue weighted by Gasteiger charge is 2.36. The van der Waals surface area contributed by atoms with E-state index in [1.807, 2.05) is 14.0 Å². The van der Waals surface area contributed by atoms with E-state index in [9.17, 15) is 4.79 Å². The highest BCUT2D eigenvalue weighted by Crippen LogP contribution is 2.43. The number of fused-ring (bicyclic) bond motifs is 7. The first kappa shape index (κ1) is 27.9. The summed E-state index contributed by atoms with van der Waals surface area (Å²) < 4.78 is 8.02. The summed E-state index contributed by atoms with van der Waals surface area (Å²) in [5.41, 5.74) is 5.84. The van der Waals surface area contributed by atoms with Gasteiger partial charge in [0.05, 0.1) is 35.4 Å². The number of pyridine rings is 1. The van der Waals surface area contributed by atoms with E-state index >= 15 is 0 Å². The van der Waals surface area contributed by atoms with Crippen LogP contribution in [0.4, 0.5) is 17.1 Å². The third-order valence-electron chi connectivity index (χ3n) is 9.20. The molecular formula is C33H42N8O2. The molecule has 3 aliphatic heterocycles. The normalized spacial score (nSPS) is 21.9. The second-order valence-corrected chi connectivity index (χ2v) is 12.5. The predicted molar refractivity (Wildman–Crippen MR) is 170 cm³/mol. The topological polar surface area (TPSA) is 99.9 Å². The van der Waals surface area contributed by atoms with Gasteiger partial charge in [0.1, 0.15) is 0 Å². The Hall–Kier alpha value is -3.92. The number of guanidine groups is 1. The third-order valence-corrected chi connectivity index (χ3v) is 9.20. The lowest BCUT2D eigenvalue weighted by molar-refractivity contribution is 0.100. The molecule has 0 spiro atoms. The highest BCUT2D eigenvalue weighted by molar-refractivity contribution is 6.19. The standard InChI is InChI=1S/C33H42N8O2/c1-22-17-25-18-28(36-22)27-20-35-39(2)32(27)43-16-5-7-24(23-8-9-23)21-41-30-11-10-26(19-29(30)37-33(41)38-31(25)42)34-12-6-15-40-13-3-4-14-40/h10-11,17-20,23-24,34H,3-9,12-16,21H2,1-2H3,(H,37,38,42)/t24-/m1/s1. The summed E-state index contributed by atoms with van der Waals surface area (Å²) in [6.07, 6.45) is 10.0. The first-order chi connectivity index (χ1) is 21.0. The summed E-state index contributed by atoms with van der Waals surface area (Å²) in [5.74, 6) is 2.17. The maximum atomic E-state index is 13.7. The molecule has 226 valence electrons. The minimum Gasteiger partial charge on any atom is -0.477 e. The minimum atomic E-state index is -0.295. The zero-order valence-corrected chi connectivity index (χ0v) is 25.3. The van der Waals surface area contributed by atoms with Gasteiger partial charge in [-0.05, 0) is 114 Å². The highest BCUT2D eigenvalue weighted by atomic mass is 16.5. The van der Waals surface area contributed by atoms with Crippen LogP contribution in [-0.4, -0.2) is 70.9 Å². The predicted octanol–water partition coefficient (Wildman–Crippen LogP) is 5.32. The second kappa shape index (κ2) is 12.0. The molecule has 2 fully saturated rings. The average Bonchev–Trinajstić information content (AvgIpc) is 3.42. The third kappa shape index (κ3) is 6.11. The van der Waals surface area contributed by atoms with Crippen LogP contribution in [0.1, 0.15) is 61.0 Å². The van der Waals surface area contributed by atoms with E-state index in [1.54, 1.807) is 23.0 Å². The Morgan fingerprint density at radius 1 is 1.07 bits per heavy atom. The summed E-state index contributed by atoms with van der Waals surface area (Å²) in [4.78, 5) is 27.9. The fraction of sp³-hybridized carbons (Fsp3) is 0.515. The van der Waals surface area contributed by atoms with Crippen LogP contribution in [-0.2, 0) is 7.05 Å². The van der Waals surface area contributed by atoms with Crippen LogP contribution in [0, 0.1) is 18.8 Å². The van der Waals surface area contributed by atoms with Crippen molar-refractivity contribution < 1.29 is 9.53 Å². The van der Waals surface area contributed by atoms with Crippen molar-refractivity contribution in [2.45, 2.75) is 51.9 Å². The number of rotatable bonds is 6. The summed E-state index contributed by atoms with van der Waals surface area (Å²) in [6, 6.07) is 10.1. The molecule has 1 atom stereocenters. The number of aliphatic imine (C=N–C) groups is 1. The van der Waals surface area contributed by atoms with Crippen LogP contribution < -0.4 is 20.3 Å². The number of nitrogens with zero attached hydrogens (tertiary/aromatic N) is 6. The molecule has 10 nitrogen and oxygen atoms in total. The molecule has 3 aromatic rings. The van der Waals surface area contributed by atoms with Gasteiger partial charge in [-0.3, -0.25) is 9.78 Å². The summed E-state index contributed by atoms with van der Waals surface area (Å²) in [6.45, 7) is 7.88. The van der Waals surface area contributed by atoms with Crippen molar-refractivity contribution >= 4 is 28.9 Å². The number of ether oxygens (including phenoxy) is 1. The molecule has 43 heavy (non-hydrogen) atoms. The molecule has 1 saturated heterocycles. The van der Waals surface area contributed by atoms with Crippen LogP contribution in [0.5, 0.6) is 5.88 Å². The van der Waals surface area contributed by atoms with Gasteiger partial charge in [-0.1, -0.05) is 0 Å². The molecule has 1 aliphatic carbocycles. The number of hydrogen-bond acceptors (Lipinski definition) is 8. The molecule has 7 rings (SSSR count). The molecule has 4 aliphatic rings. The van der Waals surface area contributed by atoms with Crippen molar-refractivity contribution in [3.05, 3.63) is 47.8 Å². The molecule has 2 N–H and O–H groups in total. The van der Waals surface area contributed by atoms with E-state index in [-0.39, 0.29) is 5.91 Å². The van der Waals surface area contributed by atoms with E-state index < -0.39 is 0 Å². The maximum Gasteiger partial charge on any atom is 0.280 e. The number of amides is 1. The van der Waals surface area contributed by atoms with Crippen molar-refractivity contribution in [3.8, 4) is 17.1 Å². The van der Waals surface area contributed by atoms with E-state index in [0.717, 1.165) is 67.2 Å². The largest absolute Gasteiger partial charge is 0.477 e. The van der Waals surface area contributed by atoms with Gasteiger partial charge >= 0.3 is 0 Å². The van der Waals surface area contributed by atoms with Gasteiger partial charge in [-0.2, -0.15) is 10.1 Å². The van der Waals surface area contributed by atoms with Crippen molar-refractivity contribution in [3.63, 3.8) is 0 Å². The Bertz CT molecular complexity index is 1520. The van der Waals surface area contributed by atoms with Gasteiger partial charge in [0, 0.05) is 37.1 Å². The average molecular weight is 583 g/mol. The van der Waals surface area contributed by atoms with E-state index in [0.29, 0.717) is 41.5 Å². The fourth-order valence-electron chi connectivity index (χ4n) is 6.75. The molecular weight excluding hydrogens is 540 g/mol. The number of likely N-dealkylation sites (tertiary alicyclic amines) is 1. The molecule has 2 bridgehead atoms. The van der Waals surface area contributed by atoms with Gasteiger partial charge in [-0.15, -0.1) is 0 Å².